The van der Waals surface area contributed by atoms with Gasteiger partial charge < -0.3 is 10.1 Å². The summed E-state index contributed by atoms with van der Waals surface area (Å²) in [4.78, 5) is 16.7. The number of thioether (sulfide) groups is 1. The van der Waals surface area contributed by atoms with Crippen LogP contribution < -0.4 is 10.1 Å². The molecule has 0 atom stereocenters. The number of nitrogens with zero attached hydrogens (tertiary/aromatic N) is 2. The van der Waals surface area contributed by atoms with Crippen molar-refractivity contribution in [2.75, 3.05) is 17.7 Å². The van der Waals surface area contributed by atoms with Gasteiger partial charge in [-0.25, -0.2) is 4.98 Å². The van der Waals surface area contributed by atoms with Crippen molar-refractivity contribution in [3.8, 4) is 23.1 Å². The van der Waals surface area contributed by atoms with Crippen LogP contribution in [0.15, 0.2) is 64.1 Å². The Hall–Kier alpha value is -3.03. The lowest BCUT2D eigenvalue weighted by molar-refractivity contribution is -0.138. The lowest BCUT2D eigenvalue weighted by Gasteiger charge is -2.14. The Bertz CT molecular complexity index is 1230. The van der Waals surface area contributed by atoms with E-state index in [1.165, 1.54) is 0 Å². The third-order valence-electron chi connectivity index (χ3n) is 4.77. The molecule has 10 heteroatoms. The first-order chi connectivity index (χ1) is 16.7. The number of anilines is 1. The number of carbonyl (C=O) groups is 1. The van der Waals surface area contributed by atoms with Crippen molar-refractivity contribution >= 4 is 39.3 Å². The second kappa shape index (κ2) is 12.1. The lowest BCUT2D eigenvalue weighted by Crippen LogP contribution is -2.15. The molecule has 1 N–H and O–H groups in total. The van der Waals surface area contributed by atoms with Gasteiger partial charge in [0.2, 0.25) is 5.91 Å². The van der Waals surface area contributed by atoms with Crippen molar-refractivity contribution in [1.29, 1.82) is 5.26 Å². The summed E-state index contributed by atoms with van der Waals surface area (Å²) in [5.74, 6) is -0.0591. The minimum absolute atomic E-state index is 0.0475. The Morgan fingerprint density at radius 2 is 1.94 bits per heavy atom. The second-order valence-corrected chi connectivity index (χ2v) is 9.30. The summed E-state index contributed by atoms with van der Waals surface area (Å²) in [7, 11) is 0. The summed E-state index contributed by atoms with van der Waals surface area (Å²) >= 11 is 4.08. The van der Waals surface area contributed by atoms with E-state index in [9.17, 15) is 23.2 Å². The summed E-state index contributed by atoms with van der Waals surface area (Å²) < 4.78 is 47.7. The van der Waals surface area contributed by atoms with Crippen LogP contribution in [0.5, 0.6) is 5.75 Å². The quantitative estimate of drug-likeness (QED) is 0.218. The molecule has 0 fully saturated rings. The van der Waals surface area contributed by atoms with Gasteiger partial charge in [-0.2, -0.15) is 18.4 Å². The van der Waals surface area contributed by atoms with Crippen molar-refractivity contribution in [2.45, 2.75) is 31.0 Å². The maximum atomic E-state index is 13.8. The molecule has 0 aliphatic rings. The number of unbranched alkanes of at least 4 members (excludes halogenated alkanes) is 1. The fraction of sp³-hybridized carbons (Fsp3) is 0.240. The lowest BCUT2D eigenvalue weighted by atomic mass is 10.1. The summed E-state index contributed by atoms with van der Waals surface area (Å²) in [6, 6.07) is 15.9. The number of carbonyl (C=O) groups excluding carboxylic acids is 1. The highest BCUT2D eigenvalue weighted by molar-refractivity contribution is 9.10. The highest BCUT2D eigenvalue weighted by Crippen LogP contribution is 2.38. The van der Waals surface area contributed by atoms with Crippen LogP contribution in [0.3, 0.4) is 0 Å². The molecule has 0 radical (unpaired) electrons. The fourth-order valence-corrected chi connectivity index (χ4v) is 4.26. The third kappa shape index (κ3) is 7.47. The number of nitriles is 1. The van der Waals surface area contributed by atoms with Crippen LogP contribution in [0.1, 0.15) is 30.9 Å². The van der Waals surface area contributed by atoms with Gasteiger partial charge in [0.1, 0.15) is 16.8 Å². The standard InChI is InChI=1S/C25H21BrF3N3O2S/c1-2-3-11-34-19-9-7-16(8-10-19)22-13-21(25(27,28)29)20(14-30)24(32-22)35-15-23(33)31-18-6-4-5-17(26)12-18/h4-10,12-13H,2-3,11,15H2,1H3,(H,31,33). The summed E-state index contributed by atoms with van der Waals surface area (Å²) in [5.41, 5.74) is -0.691. The first-order valence-electron chi connectivity index (χ1n) is 10.6. The van der Waals surface area contributed by atoms with E-state index in [2.05, 4.69) is 26.2 Å². The summed E-state index contributed by atoms with van der Waals surface area (Å²) in [6.45, 7) is 2.59. The maximum absolute atomic E-state index is 13.8. The Balaban J connectivity index is 1.87. The van der Waals surface area contributed by atoms with Crippen molar-refractivity contribution in [2.24, 2.45) is 0 Å². The minimum atomic E-state index is -4.76. The van der Waals surface area contributed by atoms with E-state index in [1.54, 1.807) is 54.6 Å². The maximum Gasteiger partial charge on any atom is 0.417 e. The highest BCUT2D eigenvalue weighted by atomic mass is 79.9. The van der Waals surface area contributed by atoms with Crippen molar-refractivity contribution in [3.05, 3.63) is 70.2 Å². The third-order valence-corrected chi connectivity index (χ3v) is 6.24. The Morgan fingerprint density at radius 3 is 2.57 bits per heavy atom. The molecule has 1 heterocycles. The summed E-state index contributed by atoms with van der Waals surface area (Å²) in [5, 5.41) is 12.0. The van der Waals surface area contributed by atoms with Gasteiger partial charge >= 0.3 is 6.18 Å². The average molecular weight is 564 g/mol. The van der Waals surface area contributed by atoms with Crippen LogP contribution in [0.25, 0.3) is 11.3 Å². The van der Waals surface area contributed by atoms with Gasteiger partial charge in [-0.05, 0) is 55.0 Å². The number of rotatable bonds is 9. The van der Waals surface area contributed by atoms with Gasteiger partial charge in [0.25, 0.3) is 0 Å². The van der Waals surface area contributed by atoms with Crippen molar-refractivity contribution in [1.82, 2.24) is 4.98 Å². The molecule has 5 nitrogen and oxygen atoms in total. The van der Waals surface area contributed by atoms with E-state index in [1.807, 2.05) is 6.92 Å². The molecule has 182 valence electrons. The van der Waals surface area contributed by atoms with E-state index < -0.39 is 23.2 Å². The second-order valence-electron chi connectivity index (χ2n) is 7.42. The Morgan fingerprint density at radius 1 is 1.20 bits per heavy atom. The molecule has 1 aromatic heterocycles. The minimum Gasteiger partial charge on any atom is -0.494 e. The van der Waals surface area contributed by atoms with Crippen molar-refractivity contribution in [3.63, 3.8) is 0 Å². The van der Waals surface area contributed by atoms with Crippen LogP contribution >= 0.6 is 27.7 Å². The zero-order valence-corrected chi connectivity index (χ0v) is 21.1. The monoisotopic (exact) mass is 563 g/mol. The summed E-state index contributed by atoms with van der Waals surface area (Å²) in [6.07, 6.45) is -2.89. The number of hydrogen-bond acceptors (Lipinski definition) is 5. The number of nitrogens with one attached hydrogen (secondary N) is 1. The number of amides is 1. The normalized spacial score (nSPS) is 11.1. The highest BCUT2D eigenvalue weighted by Gasteiger charge is 2.36. The van der Waals surface area contributed by atoms with Crippen LogP contribution in [-0.4, -0.2) is 23.3 Å². The van der Waals surface area contributed by atoms with Gasteiger partial charge in [-0.3, -0.25) is 4.79 Å². The number of pyridine rings is 1. The molecule has 35 heavy (non-hydrogen) atoms. The molecule has 3 aromatic rings. The van der Waals surface area contributed by atoms with Gasteiger partial charge in [-0.15, -0.1) is 0 Å². The van der Waals surface area contributed by atoms with Gasteiger partial charge in [0, 0.05) is 15.7 Å². The number of aromatic nitrogens is 1. The predicted molar refractivity (Wildman–Crippen MR) is 133 cm³/mol. The molecule has 0 aliphatic heterocycles. The molecule has 0 saturated carbocycles. The molecule has 1 amide bonds. The molecule has 0 aliphatic carbocycles. The van der Waals surface area contributed by atoms with E-state index in [4.69, 9.17) is 4.74 Å². The number of hydrogen-bond donors (Lipinski definition) is 1. The van der Waals surface area contributed by atoms with Gasteiger partial charge in [0.05, 0.1) is 29.2 Å². The van der Waals surface area contributed by atoms with Crippen molar-refractivity contribution < 1.29 is 22.7 Å². The smallest absolute Gasteiger partial charge is 0.417 e. The fourth-order valence-electron chi connectivity index (χ4n) is 3.06. The molecular formula is C25H21BrF3N3O2S. The SMILES string of the molecule is CCCCOc1ccc(-c2cc(C(F)(F)F)c(C#N)c(SCC(=O)Nc3cccc(Br)c3)n2)cc1. The van der Waals surface area contributed by atoms with E-state index in [0.717, 1.165) is 35.1 Å². The van der Waals surface area contributed by atoms with E-state index in [-0.39, 0.29) is 16.5 Å². The Labute approximate surface area is 213 Å². The first kappa shape index (κ1) is 26.6. The number of halogens is 4. The zero-order chi connectivity index (χ0) is 25.4. The molecular weight excluding hydrogens is 543 g/mol. The topological polar surface area (TPSA) is 75.0 Å². The largest absolute Gasteiger partial charge is 0.494 e. The average Bonchev–Trinajstić information content (AvgIpc) is 2.82. The number of ether oxygens (including phenoxy) is 1. The molecule has 0 unspecified atom stereocenters. The number of benzene rings is 2. The predicted octanol–water partition coefficient (Wildman–Crippen LogP) is 7.31. The molecule has 2 aromatic carbocycles. The van der Waals surface area contributed by atoms with Gasteiger partial charge in [0.15, 0.2) is 0 Å². The molecule has 0 saturated heterocycles. The van der Waals surface area contributed by atoms with Gasteiger partial charge in [-0.1, -0.05) is 47.1 Å². The van der Waals surface area contributed by atoms with Crippen LogP contribution in [0, 0.1) is 11.3 Å². The zero-order valence-electron chi connectivity index (χ0n) is 18.7. The molecule has 0 bridgehead atoms. The van der Waals surface area contributed by atoms with E-state index >= 15 is 0 Å². The van der Waals surface area contributed by atoms with E-state index in [0.29, 0.717) is 23.6 Å². The molecule has 0 spiro atoms. The number of alkyl halides is 3. The van der Waals surface area contributed by atoms with Crippen LogP contribution in [0.4, 0.5) is 18.9 Å². The molecule has 3 rings (SSSR count). The first-order valence-corrected chi connectivity index (χ1v) is 12.4. The van der Waals surface area contributed by atoms with Crippen LogP contribution in [0.2, 0.25) is 0 Å². The van der Waals surface area contributed by atoms with Crippen LogP contribution in [-0.2, 0) is 11.0 Å². The Kier molecular flexibility index (Phi) is 9.18.